The Kier molecular flexibility index (Phi) is 10.5. The van der Waals surface area contributed by atoms with Crippen molar-refractivity contribution >= 4 is 51.1 Å². The summed E-state index contributed by atoms with van der Waals surface area (Å²) in [6.45, 7) is 0.110. The standard InChI is InChI=1S/C33H36Cl2N4O5S/c1-36-17-16-21-8-7-9-22(18-21)20-44-37-32(40)30-24-10-3-4-11-25(24)33(41)39(31(30)26-15-14-23(34)19-27(26)35)29-13-6-5-12-28(29)38-45(2,42)43/h3-4,7-11,14-19,28-31,36,38H,5-6,12-13,20H2,1-2H3,(H,37,40)/b17-16+/t28-,29-,30+,31-/m0/s1. The summed E-state index contributed by atoms with van der Waals surface area (Å²) in [5.41, 5.74) is 5.87. The molecule has 1 saturated carbocycles. The lowest BCUT2D eigenvalue weighted by molar-refractivity contribution is -0.138. The minimum absolute atomic E-state index is 0.110. The molecule has 0 saturated heterocycles. The highest BCUT2D eigenvalue weighted by atomic mass is 35.5. The van der Waals surface area contributed by atoms with Crippen molar-refractivity contribution in [2.24, 2.45) is 0 Å². The maximum Gasteiger partial charge on any atom is 0.255 e. The van der Waals surface area contributed by atoms with Crippen molar-refractivity contribution in [2.75, 3.05) is 13.3 Å². The van der Waals surface area contributed by atoms with Gasteiger partial charge in [0.25, 0.3) is 11.8 Å². The number of halogens is 2. The number of carbonyl (C=O) groups excluding carboxylic acids is 2. The van der Waals surface area contributed by atoms with Crippen molar-refractivity contribution in [1.29, 1.82) is 0 Å². The van der Waals surface area contributed by atoms with Crippen LogP contribution < -0.4 is 15.5 Å². The number of nitrogens with one attached hydrogen (secondary N) is 3. The van der Waals surface area contributed by atoms with Gasteiger partial charge in [0.15, 0.2) is 0 Å². The molecule has 238 valence electrons. The van der Waals surface area contributed by atoms with Crippen molar-refractivity contribution in [3.05, 3.63) is 111 Å². The van der Waals surface area contributed by atoms with Gasteiger partial charge in [-0.2, -0.15) is 0 Å². The maximum absolute atomic E-state index is 14.4. The fourth-order valence-corrected chi connectivity index (χ4v) is 7.69. The quantitative estimate of drug-likeness (QED) is 0.243. The maximum atomic E-state index is 14.4. The van der Waals surface area contributed by atoms with E-state index in [-0.39, 0.29) is 12.5 Å². The van der Waals surface area contributed by atoms with E-state index in [2.05, 4.69) is 15.5 Å². The number of hydrogen-bond acceptors (Lipinski definition) is 6. The van der Waals surface area contributed by atoms with Crippen LogP contribution in [0.3, 0.4) is 0 Å². The molecule has 0 bridgehead atoms. The van der Waals surface area contributed by atoms with Crippen molar-refractivity contribution < 1.29 is 22.8 Å². The average Bonchev–Trinajstić information content (AvgIpc) is 3.00. The van der Waals surface area contributed by atoms with Crippen LogP contribution in [0.1, 0.15) is 70.3 Å². The van der Waals surface area contributed by atoms with E-state index in [1.807, 2.05) is 43.6 Å². The number of carbonyl (C=O) groups is 2. The van der Waals surface area contributed by atoms with E-state index in [1.54, 1.807) is 47.4 Å². The molecule has 0 spiro atoms. The van der Waals surface area contributed by atoms with Crippen LogP contribution >= 0.6 is 23.2 Å². The van der Waals surface area contributed by atoms with Gasteiger partial charge in [0.1, 0.15) is 0 Å². The highest BCUT2D eigenvalue weighted by Gasteiger charge is 2.49. The van der Waals surface area contributed by atoms with Gasteiger partial charge < -0.3 is 10.2 Å². The van der Waals surface area contributed by atoms with Gasteiger partial charge in [-0.25, -0.2) is 18.6 Å². The number of fused-ring (bicyclic) bond motifs is 1. The first-order chi connectivity index (χ1) is 21.6. The van der Waals surface area contributed by atoms with Gasteiger partial charge in [-0.1, -0.05) is 78.5 Å². The Morgan fingerprint density at radius 2 is 1.80 bits per heavy atom. The lowest BCUT2D eigenvalue weighted by Gasteiger charge is -2.49. The first-order valence-corrected chi connectivity index (χ1v) is 17.4. The zero-order chi connectivity index (χ0) is 32.1. The largest absolute Gasteiger partial charge is 0.394 e. The highest BCUT2D eigenvalue weighted by molar-refractivity contribution is 7.88. The molecule has 12 heteroatoms. The predicted octanol–water partition coefficient (Wildman–Crippen LogP) is 5.57. The zero-order valence-electron chi connectivity index (χ0n) is 25.0. The summed E-state index contributed by atoms with van der Waals surface area (Å²) in [7, 11) is -1.77. The van der Waals surface area contributed by atoms with Crippen molar-refractivity contribution in [3.63, 3.8) is 0 Å². The third-order valence-electron chi connectivity index (χ3n) is 8.20. The van der Waals surface area contributed by atoms with Gasteiger partial charge in [0.2, 0.25) is 10.0 Å². The molecule has 4 atom stereocenters. The van der Waals surface area contributed by atoms with Gasteiger partial charge in [0, 0.05) is 34.7 Å². The SMILES string of the molecule is CN/C=C/c1cccc(CONC(=O)[C@@H]2c3ccccc3C(=O)N([C@H]3CCCC[C@@H]3NS(C)(=O)=O)[C@H]2c2ccc(Cl)cc2Cl)c1. The molecule has 3 N–H and O–H groups in total. The Labute approximate surface area is 273 Å². The van der Waals surface area contributed by atoms with Crippen LogP contribution in [0.25, 0.3) is 6.08 Å². The van der Waals surface area contributed by atoms with E-state index >= 15 is 0 Å². The molecule has 0 unspecified atom stereocenters. The molecule has 0 radical (unpaired) electrons. The second-order valence-corrected chi connectivity index (χ2v) is 14.0. The Hall–Kier alpha value is -3.41. The number of hydrogen-bond donors (Lipinski definition) is 3. The molecule has 0 aromatic heterocycles. The van der Waals surface area contributed by atoms with E-state index in [9.17, 15) is 18.0 Å². The summed E-state index contributed by atoms with van der Waals surface area (Å²) >= 11 is 13.0. The van der Waals surface area contributed by atoms with Gasteiger partial charge in [-0.05, 0) is 71.6 Å². The second-order valence-electron chi connectivity index (χ2n) is 11.4. The number of benzene rings is 3. The minimum atomic E-state index is -3.58. The zero-order valence-corrected chi connectivity index (χ0v) is 27.3. The first kappa shape index (κ1) is 33.0. The van der Waals surface area contributed by atoms with E-state index in [0.29, 0.717) is 39.6 Å². The van der Waals surface area contributed by atoms with Gasteiger partial charge in [-0.15, -0.1) is 0 Å². The summed E-state index contributed by atoms with van der Waals surface area (Å²) in [5.74, 6) is -1.70. The lowest BCUT2D eigenvalue weighted by atomic mass is 9.76. The fraction of sp³-hybridized carbons (Fsp3) is 0.333. The van der Waals surface area contributed by atoms with Crippen molar-refractivity contribution in [3.8, 4) is 0 Å². The first-order valence-electron chi connectivity index (χ1n) is 14.8. The van der Waals surface area contributed by atoms with Crippen LogP contribution in [-0.4, -0.2) is 50.5 Å². The topological polar surface area (TPSA) is 117 Å². The van der Waals surface area contributed by atoms with Gasteiger partial charge >= 0.3 is 0 Å². The second kappa shape index (κ2) is 14.3. The van der Waals surface area contributed by atoms with Gasteiger partial charge in [0.05, 0.1) is 24.8 Å². The molecule has 2 aliphatic rings. The van der Waals surface area contributed by atoms with E-state index < -0.39 is 40.0 Å². The van der Waals surface area contributed by atoms with E-state index in [4.69, 9.17) is 28.0 Å². The Bertz CT molecular complexity index is 1700. The summed E-state index contributed by atoms with van der Waals surface area (Å²) < 4.78 is 27.5. The minimum Gasteiger partial charge on any atom is -0.394 e. The highest BCUT2D eigenvalue weighted by Crippen LogP contribution is 2.47. The van der Waals surface area contributed by atoms with Crippen LogP contribution in [0.2, 0.25) is 10.0 Å². The normalized spacial score (nSPS) is 21.9. The predicted molar refractivity (Wildman–Crippen MR) is 176 cm³/mol. The summed E-state index contributed by atoms with van der Waals surface area (Å²) in [6.07, 6.45) is 7.54. The Balaban J connectivity index is 1.54. The molecule has 2 amide bonds. The molecule has 1 aliphatic carbocycles. The van der Waals surface area contributed by atoms with Crippen LogP contribution in [0.4, 0.5) is 0 Å². The third-order valence-corrected chi connectivity index (χ3v) is 9.49. The number of hydroxylamine groups is 1. The molecule has 45 heavy (non-hydrogen) atoms. The van der Waals surface area contributed by atoms with Crippen molar-refractivity contribution in [2.45, 2.75) is 56.3 Å². The summed E-state index contributed by atoms with van der Waals surface area (Å²) in [4.78, 5) is 36.0. The molecule has 1 aliphatic heterocycles. The molecular formula is C33H36Cl2N4O5S. The lowest BCUT2D eigenvalue weighted by Crippen LogP contribution is -2.59. The van der Waals surface area contributed by atoms with Crippen LogP contribution in [0, 0.1) is 0 Å². The van der Waals surface area contributed by atoms with E-state index in [1.165, 1.54) is 0 Å². The molecule has 1 heterocycles. The van der Waals surface area contributed by atoms with E-state index in [0.717, 1.165) is 30.2 Å². The summed E-state index contributed by atoms with van der Waals surface area (Å²) in [6, 6.07) is 17.7. The Morgan fingerprint density at radius 3 is 2.56 bits per heavy atom. The van der Waals surface area contributed by atoms with Crippen LogP contribution in [0.5, 0.6) is 0 Å². The smallest absolute Gasteiger partial charge is 0.255 e. The number of amides is 2. The fourth-order valence-electron chi connectivity index (χ4n) is 6.35. The van der Waals surface area contributed by atoms with Crippen LogP contribution in [0.15, 0.2) is 72.9 Å². The Morgan fingerprint density at radius 1 is 1.02 bits per heavy atom. The van der Waals surface area contributed by atoms with Crippen molar-refractivity contribution in [1.82, 2.24) is 20.4 Å². The molecule has 3 aromatic carbocycles. The average molecular weight is 672 g/mol. The number of nitrogens with zero attached hydrogens (tertiary/aromatic N) is 1. The van der Waals surface area contributed by atoms with Crippen LogP contribution in [-0.2, 0) is 26.3 Å². The number of sulfonamides is 1. The molecule has 1 fully saturated rings. The molecule has 5 rings (SSSR count). The molecule has 9 nitrogen and oxygen atoms in total. The van der Waals surface area contributed by atoms with Gasteiger partial charge in [-0.3, -0.25) is 14.4 Å². The number of rotatable bonds is 10. The monoisotopic (exact) mass is 670 g/mol. The molecule has 3 aromatic rings. The third kappa shape index (κ3) is 7.70. The molecular weight excluding hydrogens is 635 g/mol. The summed E-state index contributed by atoms with van der Waals surface area (Å²) in [5, 5.41) is 3.66.